The van der Waals surface area contributed by atoms with E-state index in [0.29, 0.717) is 0 Å². The molecule has 0 radical (unpaired) electrons. The zero-order valence-corrected chi connectivity index (χ0v) is 10.1. The number of hydrogen-bond donors (Lipinski definition) is 0. The van der Waals surface area contributed by atoms with E-state index >= 15 is 0 Å². The quantitative estimate of drug-likeness (QED) is 0.660. The molecule has 0 saturated heterocycles. The van der Waals surface area contributed by atoms with Crippen molar-refractivity contribution in [2.24, 2.45) is 5.41 Å². The Morgan fingerprint density at radius 2 is 2.15 bits per heavy atom. The molecular weight excluding hydrogens is 200 g/mol. The smallest absolute Gasteiger partial charge is 0.0387 e. The Kier molecular flexibility index (Phi) is 3.81. The highest BCUT2D eigenvalue weighted by atomic mass is 35.5. The van der Waals surface area contributed by atoms with Gasteiger partial charge in [0.2, 0.25) is 0 Å². The molecule has 1 aromatic rings. The fraction of sp³-hybridized carbons (Fsp3) is 0.636. The number of thiophene rings is 1. The zero-order valence-electron chi connectivity index (χ0n) is 8.51. The van der Waals surface area contributed by atoms with E-state index in [1.807, 2.05) is 0 Å². The fourth-order valence-electron chi connectivity index (χ4n) is 1.16. The van der Waals surface area contributed by atoms with Crippen molar-refractivity contribution in [2.75, 3.05) is 0 Å². The van der Waals surface area contributed by atoms with Crippen LogP contribution in [0.1, 0.15) is 32.8 Å². The van der Waals surface area contributed by atoms with Crippen LogP contribution in [0.3, 0.4) is 0 Å². The zero-order chi connectivity index (χ0) is 9.90. The molecule has 0 amide bonds. The molecule has 1 aromatic heterocycles. The molecule has 0 fully saturated rings. The van der Waals surface area contributed by atoms with Gasteiger partial charge in [0.15, 0.2) is 0 Å². The maximum absolute atomic E-state index is 6.28. The van der Waals surface area contributed by atoms with Crippen LogP contribution < -0.4 is 0 Å². The van der Waals surface area contributed by atoms with Crippen LogP contribution in [0.2, 0.25) is 0 Å². The van der Waals surface area contributed by atoms with Crippen molar-refractivity contribution in [1.82, 2.24) is 0 Å². The lowest BCUT2D eigenvalue weighted by Gasteiger charge is -2.24. The predicted molar refractivity (Wildman–Crippen MR) is 61.7 cm³/mol. The fourth-order valence-corrected chi connectivity index (χ4v) is 1.97. The van der Waals surface area contributed by atoms with Crippen LogP contribution in [0.4, 0.5) is 0 Å². The first-order chi connectivity index (χ1) is 6.00. The molecule has 0 saturated carbocycles. The number of alkyl halides is 1. The number of hydrogen-bond acceptors (Lipinski definition) is 1. The lowest BCUT2D eigenvalue weighted by atomic mass is 9.88. The Bertz CT molecular complexity index is 233. The third-order valence-corrected chi connectivity index (χ3v) is 3.81. The highest BCUT2D eigenvalue weighted by Gasteiger charge is 2.21. The second-order valence-corrected chi connectivity index (χ2v) is 5.81. The molecule has 0 aliphatic heterocycles. The third kappa shape index (κ3) is 3.70. The summed E-state index contributed by atoms with van der Waals surface area (Å²) in [6.07, 6.45) is 2.18. The summed E-state index contributed by atoms with van der Waals surface area (Å²) in [5.74, 6) is 0. The van der Waals surface area contributed by atoms with E-state index in [4.69, 9.17) is 11.6 Å². The van der Waals surface area contributed by atoms with E-state index in [-0.39, 0.29) is 10.8 Å². The van der Waals surface area contributed by atoms with E-state index in [2.05, 4.69) is 37.6 Å². The van der Waals surface area contributed by atoms with Gasteiger partial charge < -0.3 is 0 Å². The Morgan fingerprint density at radius 1 is 1.46 bits per heavy atom. The van der Waals surface area contributed by atoms with Gasteiger partial charge >= 0.3 is 0 Å². The third-order valence-electron chi connectivity index (χ3n) is 2.21. The van der Waals surface area contributed by atoms with Crippen molar-refractivity contribution in [2.45, 2.75) is 39.0 Å². The largest absolute Gasteiger partial charge is 0.152 e. The molecule has 1 unspecified atom stereocenters. The second kappa shape index (κ2) is 4.47. The first kappa shape index (κ1) is 11.1. The number of halogens is 1. The minimum absolute atomic E-state index is 0.220. The summed E-state index contributed by atoms with van der Waals surface area (Å²) in [6, 6.07) is 2.18. The van der Waals surface area contributed by atoms with Gasteiger partial charge in [-0.15, -0.1) is 11.6 Å². The van der Waals surface area contributed by atoms with Gasteiger partial charge in [-0.1, -0.05) is 20.8 Å². The Hall–Kier alpha value is -0.0100. The van der Waals surface area contributed by atoms with Crippen LogP contribution in [0.25, 0.3) is 0 Å². The summed E-state index contributed by atoms with van der Waals surface area (Å²) in [4.78, 5) is 0. The van der Waals surface area contributed by atoms with Gasteiger partial charge in [-0.2, -0.15) is 11.3 Å². The van der Waals surface area contributed by atoms with E-state index in [0.717, 1.165) is 12.8 Å². The second-order valence-electron chi connectivity index (χ2n) is 4.50. The van der Waals surface area contributed by atoms with E-state index in [1.54, 1.807) is 11.3 Å². The van der Waals surface area contributed by atoms with Crippen LogP contribution in [0.15, 0.2) is 16.8 Å². The maximum Gasteiger partial charge on any atom is 0.0387 e. The predicted octanol–water partition coefficient (Wildman–Crippen LogP) is 4.33. The number of aryl methyl sites for hydroxylation is 1. The average molecular weight is 217 g/mol. The summed E-state index contributed by atoms with van der Waals surface area (Å²) in [5, 5.41) is 4.59. The lowest BCUT2D eigenvalue weighted by Crippen LogP contribution is -2.21. The molecule has 0 spiro atoms. The Labute approximate surface area is 89.9 Å². The minimum atomic E-state index is 0.220. The maximum atomic E-state index is 6.28. The molecule has 1 atom stereocenters. The minimum Gasteiger partial charge on any atom is -0.152 e. The summed E-state index contributed by atoms with van der Waals surface area (Å²) in [6.45, 7) is 6.58. The first-order valence-electron chi connectivity index (χ1n) is 4.65. The van der Waals surface area contributed by atoms with Crippen molar-refractivity contribution in [1.29, 1.82) is 0 Å². The van der Waals surface area contributed by atoms with Gasteiger partial charge in [0.05, 0.1) is 0 Å². The van der Waals surface area contributed by atoms with Gasteiger partial charge in [-0.05, 0) is 40.6 Å². The highest BCUT2D eigenvalue weighted by Crippen LogP contribution is 2.28. The van der Waals surface area contributed by atoms with Crippen molar-refractivity contribution in [3.05, 3.63) is 22.4 Å². The topological polar surface area (TPSA) is 0 Å². The molecule has 0 aliphatic carbocycles. The molecule has 0 bridgehead atoms. The van der Waals surface area contributed by atoms with Crippen molar-refractivity contribution in [3.63, 3.8) is 0 Å². The average Bonchev–Trinajstić information content (AvgIpc) is 2.50. The van der Waals surface area contributed by atoms with Gasteiger partial charge in [0.25, 0.3) is 0 Å². The van der Waals surface area contributed by atoms with E-state index in [9.17, 15) is 0 Å². The molecule has 2 heteroatoms. The normalized spacial score (nSPS) is 14.5. The van der Waals surface area contributed by atoms with Gasteiger partial charge in [0.1, 0.15) is 0 Å². The van der Waals surface area contributed by atoms with E-state index < -0.39 is 0 Å². The molecule has 1 heterocycles. The SMILES string of the molecule is CC(C)(C)C(Cl)CCc1ccsc1. The summed E-state index contributed by atoms with van der Waals surface area (Å²) in [5.41, 5.74) is 1.64. The molecular formula is C11H17ClS. The molecule has 13 heavy (non-hydrogen) atoms. The molecule has 74 valence electrons. The molecule has 1 rings (SSSR count). The van der Waals surface area contributed by atoms with Gasteiger partial charge in [0, 0.05) is 5.38 Å². The van der Waals surface area contributed by atoms with Crippen LogP contribution >= 0.6 is 22.9 Å². The van der Waals surface area contributed by atoms with E-state index in [1.165, 1.54) is 5.56 Å². The standard InChI is InChI=1S/C11H17ClS/c1-11(2,3)10(12)5-4-9-6-7-13-8-9/h6-8,10H,4-5H2,1-3H3. The highest BCUT2D eigenvalue weighted by molar-refractivity contribution is 7.07. The van der Waals surface area contributed by atoms with Crippen molar-refractivity contribution >= 4 is 22.9 Å². The molecule has 0 nitrogen and oxygen atoms in total. The Morgan fingerprint density at radius 3 is 2.62 bits per heavy atom. The molecule has 0 aliphatic rings. The van der Waals surface area contributed by atoms with Gasteiger partial charge in [-0.3, -0.25) is 0 Å². The van der Waals surface area contributed by atoms with Crippen molar-refractivity contribution < 1.29 is 0 Å². The summed E-state index contributed by atoms with van der Waals surface area (Å²) < 4.78 is 0. The number of rotatable bonds is 3. The van der Waals surface area contributed by atoms with Crippen molar-refractivity contribution in [3.8, 4) is 0 Å². The van der Waals surface area contributed by atoms with Crippen LogP contribution in [-0.2, 0) is 6.42 Å². The first-order valence-corrected chi connectivity index (χ1v) is 6.03. The van der Waals surface area contributed by atoms with Crippen LogP contribution in [0.5, 0.6) is 0 Å². The summed E-state index contributed by atoms with van der Waals surface area (Å²) >= 11 is 8.03. The molecule has 0 aromatic carbocycles. The van der Waals surface area contributed by atoms with Crippen LogP contribution in [-0.4, -0.2) is 5.38 Å². The monoisotopic (exact) mass is 216 g/mol. The van der Waals surface area contributed by atoms with Gasteiger partial charge in [-0.25, -0.2) is 0 Å². The Balaban J connectivity index is 2.35. The van der Waals surface area contributed by atoms with Crippen LogP contribution in [0, 0.1) is 5.41 Å². The molecule has 0 N–H and O–H groups in total. The lowest BCUT2D eigenvalue weighted by molar-refractivity contribution is 0.374. The summed E-state index contributed by atoms with van der Waals surface area (Å²) in [7, 11) is 0.